The van der Waals surface area contributed by atoms with Gasteiger partial charge in [0.25, 0.3) is 0 Å². The zero-order valence-electron chi connectivity index (χ0n) is 17.6. The molecule has 1 saturated heterocycles. The Balaban J connectivity index is 0.00000320. The van der Waals surface area contributed by atoms with Gasteiger partial charge in [-0.15, -0.1) is 24.0 Å². The molecule has 0 saturated carbocycles. The van der Waals surface area contributed by atoms with Gasteiger partial charge in [-0.1, -0.05) is 48.5 Å². The Morgan fingerprint density at radius 2 is 1.57 bits per heavy atom. The minimum atomic E-state index is 0. The van der Waals surface area contributed by atoms with E-state index in [1.54, 1.807) is 0 Å². The van der Waals surface area contributed by atoms with E-state index < -0.39 is 0 Å². The van der Waals surface area contributed by atoms with Crippen molar-refractivity contribution in [2.75, 3.05) is 44.2 Å². The van der Waals surface area contributed by atoms with Gasteiger partial charge in [-0.25, -0.2) is 0 Å². The first-order valence-corrected chi connectivity index (χ1v) is 10.4. The number of para-hydroxylation sites is 1. The van der Waals surface area contributed by atoms with Crippen LogP contribution in [0, 0.1) is 0 Å². The lowest BCUT2D eigenvalue weighted by molar-refractivity contribution is -0.121. The fraction of sp³-hybridized carbons (Fsp3) is 0.391. The van der Waals surface area contributed by atoms with Crippen molar-refractivity contribution in [2.24, 2.45) is 4.99 Å². The van der Waals surface area contributed by atoms with Gasteiger partial charge in [0.2, 0.25) is 5.91 Å². The Kier molecular flexibility index (Phi) is 10.5. The predicted molar refractivity (Wildman–Crippen MR) is 135 cm³/mol. The van der Waals surface area contributed by atoms with Crippen LogP contribution in [-0.4, -0.2) is 56.0 Å². The summed E-state index contributed by atoms with van der Waals surface area (Å²) in [6, 6.07) is 20.5. The lowest BCUT2D eigenvalue weighted by Gasteiger charge is -2.37. The number of aliphatic imine (C=N–C) groups is 1. The first kappa shape index (κ1) is 24.0. The lowest BCUT2D eigenvalue weighted by Crippen LogP contribution is -2.52. The van der Waals surface area contributed by atoms with E-state index in [0.29, 0.717) is 19.5 Å². The van der Waals surface area contributed by atoms with Crippen molar-refractivity contribution in [2.45, 2.75) is 19.9 Å². The molecule has 1 heterocycles. The molecule has 0 aliphatic carbocycles. The van der Waals surface area contributed by atoms with Crippen molar-refractivity contribution in [3.63, 3.8) is 0 Å². The standard InChI is InChI=1S/C23H31N5O.HI/c1-2-24-23(25-14-13-22(29)26-19-20-9-5-3-6-10-20)28-17-15-27(16-18-28)21-11-7-4-8-12-21;/h3-12H,2,13-19H2,1H3,(H,24,25)(H,26,29);1H. The number of piperazine rings is 1. The van der Waals surface area contributed by atoms with Crippen LogP contribution in [0.15, 0.2) is 65.7 Å². The van der Waals surface area contributed by atoms with Crippen LogP contribution in [0.5, 0.6) is 0 Å². The van der Waals surface area contributed by atoms with Crippen molar-refractivity contribution < 1.29 is 4.79 Å². The third-order valence-corrected chi connectivity index (χ3v) is 4.97. The molecule has 2 aromatic rings. The number of amides is 1. The number of carbonyl (C=O) groups excluding carboxylic acids is 1. The van der Waals surface area contributed by atoms with Crippen molar-refractivity contribution >= 4 is 41.5 Å². The highest BCUT2D eigenvalue weighted by atomic mass is 127. The summed E-state index contributed by atoms with van der Waals surface area (Å²) in [7, 11) is 0. The number of benzene rings is 2. The molecule has 0 unspecified atom stereocenters. The summed E-state index contributed by atoms with van der Waals surface area (Å²) >= 11 is 0. The molecule has 6 nitrogen and oxygen atoms in total. The van der Waals surface area contributed by atoms with Gasteiger partial charge < -0.3 is 20.4 Å². The normalized spacial score (nSPS) is 14.1. The topological polar surface area (TPSA) is 60.0 Å². The molecule has 0 bridgehead atoms. The lowest BCUT2D eigenvalue weighted by atomic mass is 10.2. The van der Waals surface area contributed by atoms with Crippen molar-refractivity contribution in [3.05, 3.63) is 66.2 Å². The number of nitrogens with zero attached hydrogens (tertiary/aromatic N) is 3. The number of halogens is 1. The highest BCUT2D eigenvalue weighted by Gasteiger charge is 2.19. The van der Waals surface area contributed by atoms with E-state index in [1.165, 1.54) is 5.69 Å². The van der Waals surface area contributed by atoms with E-state index in [0.717, 1.165) is 44.2 Å². The van der Waals surface area contributed by atoms with Gasteiger partial charge in [0, 0.05) is 51.4 Å². The van der Waals surface area contributed by atoms with Crippen LogP contribution in [0.2, 0.25) is 0 Å². The van der Waals surface area contributed by atoms with Crippen molar-refractivity contribution in [3.8, 4) is 0 Å². The largest absolute Gasteiger partial charge is 0.368 e. The van der Waals surface area contributed by atoms with E-state index >= 15 is 0 Å². The van der Waals surface area contributed by atoms with Gasteiger partial charge in [0.05, 0.1) is 6.54 Å². The second-order valence-electron chi connectivity index (χ2n) is 7.06. The third-order valence-electron chi connectivity index (χ3n) is 4.97. The molecule has 0 radical (unpaired) electrons. The van der Waals surface area contributed by atoms with Gasteiger partial charge in [-0.3, -0.25) is 9.79 Å². The third kappa shape index (κ3) is 7.51. The second-order valence-corrected chi connectivity index (χ2v) is 7.06. The molecular formula is C23H32IN5O. The van der Waals surface area contributed by atoms with Gasteiger partial charge in [0.1, 0.15) is 0 Å². The average Bonchev–Trinajstić information content (AvgIpc) is 2.78. The van der Waals surface area contributed by atoms with Crippen molar-refractivity contribution in [1.82, 2.24) is 15.5 Å². The molecule has 3 rings (SSSR count). The van der Waals surface area contributed by atoms with Crippen LogP contribution in [0.25, 0.3) is 0 Å². The summed E-state index contributed by atoms with van der Waals surface area (Å²) < 4.78 is 0. The molecule has 0 spiro atoms. The Labute approximate surface area is 196 Å². The Bertz CT molecular complexity index is 777. The monoisotopic (exact) mass is 521 g/mol. The minimum Gasteiger partial charge on any atom is -0.368 e. The zero-order valence-corrected chi connectivity index (χ0v) is 19.9. The molecule has 0 atom stereocenters. The van der Waals surface area contributed by atoms with Gasteiger partial charge in [-0.2, -0.15) is 0 Å². The summed E-state index contributed by atoms with van der Waals surface area (Å²) in [6.45, 7) is 7.70. The highest BCUT2D eigenvalue weighted by Crippen LogP contribution is 2.15. The molecule has 162 valence electrons. The average molecular weight is 521 g/mol. The quantitative estimate of drug-likeness (QED) is 0.334. The highest BCUT2D eigenvalue weighted by molar-refractivity contribution is 14.0. The summed E-state index contributed by atoms with van der Waals surface area (Å²) in [4.78, 5) is 21.5. The molecule has 0 aromatic heterocycles. The van der Waals surface area contributed by atoms with E-state index in [9.17, 15) is 4.79 Å². The van der Waals surface area contributed by atoms with Gasteiger partial charge in [0.15, 0.2) is 5.96 Å². The summed E-state index contributed by atoms with van der Waals surface area (Å²) in [5.74, 6) is 0.929. The fourth-order valence-electron chi connectivity index (χ4n) is 3.39. The first-order chi connectivity index (χ1) is 14.3. The first-order valence-electron chi connectivity index (χ1n) is 10.4. The number of anilines is 1. The van der Waals surface area contributed by atoms with E-state index in [4.69, 9.17) is 0 Å². The molecule has 30 heavy (non-hydrogen) atoms. The van der Waals surface area contributed by atoms with Crippen LogP contribution in [0.1, 0.15) is 18.9 Å². The van der Waals surface area contributed by atoms with E-state index in [-0.39, 0.29) is 29.9 Å². The summed E-state index contributed by atoms with van der Waals surface area (Å²) in [5, 5.41) is 6.32. The smallest absolute Gasteiger partial charge is 0.222 e. The van der Waals surface area contributed by atoms with E-state index in [2.05, 4.69) is 56.6 Å². The number of hydrogen-bond donors (Lipinski definition) is 2. The van der Waals surface area contributed by atoms with Crippen molar-refractivity contribution in [1.29, 1.82) is 0 Å². The predicted octanol–water partition coefficient (Wildman–Crippen LogP) is 3.10. The Morgan fingerprint density at radius 3 is 2.20 bits per heavy atom. The van der Waals surface area contributed by atoms with Gasteiger partial charge >= 0.3 is 0 Å². The number of hydrogen-bond acceptors (Lipinski definition) is 3. The van der Waals surface area contributed by atoms with Crippen LogP contribution in [-0.2, 0) is 11.3 Å². The number of nitrogens with one attached hydrogen (secondary N) is 2. The molecule has 2 aromatic carbocycles. The Hall–Kier alpha value is -2.29. The molecule has 1 aliphatic heterocycles. The molecule has 2 N–H and O–H groups in total. The Morgan fingerprint density at radius 1 is 0.933 bits per heavy atom. The molecule has 1 fully saturated rings. The fourth-order valence-corrected chi connectivity index (χ4v) is 3.39. The number of carbonyl (C=O) groups is 1. The molecule has 1 aliphatic rings. The zero-order chi connectivity index (χ0) is 20.3. The molecule has 7 heteroatoms. The number of rotatable bonds is 7. The molecular weight excluding hydrogens is 489 g/mol. The van der Waals surface area contributed by atoms with Gasteiger partial charge in [-0.05, 0) is 24.6 Å². The maximum atomic E-state index is 12.1. The van der Waals surface area contributed by atoms with Crippen LogP contribution < -0.4 is 15.5 Å². The molecule has 1 amide bonds. The second kappa shape index (κ2) is 13.1. The summed E-state index contributed by atoms with van der Waals surface area (Å²) in [5.41, 5.74) is 2.37. The number of guanidine groups is 1. The van der Waals surface area contributed by atoms with Crippen LogP contribution in [0.3, 0.4) is 0 Å². The van der Waals surface area contributed by atoms with E-state index in [1.807, 2.05) is 36.4 Å². The minimum absolute atomic E-state index is 0. The maximum absolute atomic E-state index is 12.1. The van der Waals surface area contributed by atoms with Crippen LogP contribution in [0.4, 0.5) is 5.69 Å². The SMILES string of the molecule is CCNC(=NCCC(=O)NCc1ccccc1)N1CCN(c2ccccc2)CC1.I. The maximum Gasteiger partial charge on any atom is 0.222 e. The van der Waals surface area contributed by atoms with Crippen LogP contribution >= 0.6 is 24.0 Å². The summed E-state index contributed by atoms with van der Waals surface area (Å²) in [6.07, 6.45) is 0.395.